The fourth-order valence-corrected chi connectivity index (χ4v) is 1.88. The van der Waals surface area contributed by atoms with Crippen LogP contribution in [0.4, 0.5) is 0 Å². The minimum atomic E-state index is -0.599. The van der Waals surface area contributed by atoms with Crippen molar-refractivity contribution in [2.45, 2.75) is 20.3 Å². The van der Waals surface area contributed by atoms with Gasteiger partial charge in [-0.15, -0.1) is 0 Å². The summed E-state index contributed by atoms with van der Waals surface area (Å²) in [4.78, 5) is 31.9. The van der Waals surface area contributed by atoms with Crippen LogP contribution in [0.3, 0.4) is 0 Å². The maximum absolute atomic E-state index is 12.1. The molecule has 1 aromatic heterocycles. The average molecular weight is 258 g/mol. The number of hydrogen-bond acceptors (Lipinski definition) is 5. The van der Waals surface area contributed by atoms with Crippen LogP contribution in [0.15, 0.2) is 40.8 Å². The second-order valence-electron chi connectivity index (χ2n) is 4.10. The zero-order valence-corrected chi connectivity index (χ0v) is 10.8. The normalized spacial score (nSPS) is 14.6. The number of carbonyl (C=O) groups excluding carboxylic acids is 2. The first-order chi connectivity index (χ1) is 9.13. The molecular formula is C14H14N2O3. The van der Waals surface area contributed by atoms with E-state index in [0.29, 0.717) is 17.8 Å². The Morgan fingerprint density at radius 2 is 2.00 bits per heavy atom. The van der Waals surface area contributed by atoms with Crippen molar-refractivity contribution >= 4 is 17.5 Å². The van der Waals surface area contributed by atoms with Crippen LogP contribution in [-0.4, -0.2) is 29.1 Å². The van der Waals surface area contributed by atoms with Crippen LogP contribution in [0.25, 0.3) is 0 Å². The van der Waals surface area contributed by atoms with Gasteiger partial charge in [0.2, 0.25) is 5.78 Å². The van der Waals surface area contributed by atoms with E-state index in [9.17, 15) is 9.59 Å². The lowest BCUT2D eigenvalue weighted by Crippen LogP contribution is -2.21. The molecule has 0 aromatic carbocycles. The third-order valence-electron chi connectivity index (χ3n) is 2.75. The molecule has 0 saturated carbocycles. The van der Waals surface area contributed by atoms with Gasteiger partial charge in [0, 0.05) is 18.8 Å². The topological polar surface area (TPSA) is 68.6 Å². The second-order valence-corrected chi connectivity index (χ2v) is 4.10. The van der Waals surface area contributed by atoms with Crippen LogP contribution >= 0.6 is 0 Å². The summed E-state index contributed by atoms with van der Waals surface area (Å²) in [5.41, 5.74) is 1.77. The molecule has 1 aliphatic heterocycles. The van der Waals surface area contributed by atoms with Gasteiger partial charge in [-0.05, 0) is 31.5 Å². The van der Waals surface area contributed by atoms with Gasteiger partial charge < -0.3 is 4.74 Å². The number of nitrogens with zero attached hydrogens (tertiary/aromatic N) is 2. The molecule has 1 aliphatic rings. The van der Waals surface area contributed by atoms with Gasteiger partial charge in [0.05, 0.1) is 18.0 Å². The molecule has 0 atom stereocenters. The summed E-state index contributed by atoms with van der Waals surface area (Å²) in [6.45, 7) is 3.58. The molecule has 2 heterocycles. The third-order valence-corrected chi connectivity index (χ3v) is 2.75. The second kappa shape index (κ2) is 5.56. The van der Waals surface area contributed by atoms with Gasteiger partial charge in [0.1, 0.15) is 5.57 Å². The number of ether oxygens (including phenoxy) is 1. The fraction of sp³-hybridized carbons (Fsp3) is 0.286. The first-order valence-corrected chi connectivity index (χ1v) is 6.02. The highest BCUT2D eigenvalue weighted by Gasteiger charge is 2.31. The number of aromatic nitrogens is 1. The number of hydrogen-bond donors (Lipinski definition) is 0. The standard InChI is InChI=1S/C14H14N2O3/c1-3-19-14(18)12-9(2)16-11(13(12)17)8-10-4-6-15-7-5-10/h4-7H,3,8H2,1-2H3. The summed E-state index contributed by atoms with van der Waals surface area (Å²) in [6.07, 6.45) is 3.70. The Kier molecular flexibility index (Phi) is 3.85. The number of Topliss-reactive ketones (excluding diaryl/α,β-unsaturated/α-hetero) is 1. The lowest BCUT2D eigenvalue weighted by molar-refractivity contribution is -0.139. The SMILES string of the molecule is CCOC(=O)C1=C(C)N=C(Cc2ccncc2)C1=O. The van der Waals surface area contributed by atoms with Crippen molar-refractivity contribution < 1.29 is 14.3 Å². The molecule has 0 amide bonds. The predicted molar refractivity (Wildman–Crippen MR) is 69.7 cm³/mol. The molecule has 0 aliphatic carbocycles. The van der Waals surface area contributed by atoms with E-state index >= 15 is 0 Å². The molecule has 1 aromatic rings. The van der Waals surface area contributed by atoms with Gasteiger partial charge in [-0.1, -0.05) is 0 Å². The van der Waals surface area contributed by atoms with Crippen LogP contribution in [0.2, 0.25) is 0 Å². The van der Waals surface area contributed by atoms with Gasteiger partial charge in [0.25, 0.3) is 0 Å². The molecule has 0 saturated heterocycles. The number of carbonyl (C=O) groups is 2. The van der Waals surface area contributed by atoms with Crippen molar-refractivity contribution in [2.24, 2.45) is 4.99 Å². The molecule has 0 bridgehead atoms. The van der Waals surface area contributed by atoms with Crippen LogP contribution in [0.5, 0.6) is 0 Å². The van der Waals surface area contributed by atoms with Crippen LogP contribution < -0.4 is 0 Å². The van der Waals surface area contributed by atoms with E-state index in [4.69, 9.17) is 4.74 Å². The molecule has 0 N–H and O–H groups in total. The van der Waals surface area contributed by atoms with Gasteiger partial charge >= 0.3 is 5.97 Å². The summed E-state index contributed by atoms with van der Waals surface area (Å²) in [5.74, 6) is -0.939. The van der Waals surface area contributed by atoms with E-state index in [0.717, 1.165) is 5.56 Å². The highest BCUT2D eigenvalue weighted by molar-refractivity contribution is 6.53. The summed E-state index contributed by atoms with van der Waals surface area (Å²) in [7, 11) is 0. The van der Waals surface area contributed by atoms with Gasteiger partial charge in [-0.25, -0.2) is 4.79 Å². The van der Waals surface area contributed by atoms with E-state index in [-0.39, 0.29) is 18.0 Å². The molecule has 0 radical (unpaired) electrons. The van der Waals surface area contributed by atoms with E-state index in [1.54, 1.807) is 26.2 Å². The van der Waals surface area contributed by atoms with Gasteiger partial charge in [-0.2, -0.15) is 0 Å². The van der Waals surface area contributed by atoms with E-state index in [1.165, 1.54) is 0 Å². The Hall–Kier alpha value is -2.30. The lowest BCUT2D eigenvalue weighted by atomic mass is 10.0. The molecule has 2 rings (SSSR count). The number of ketones is 1. The Labute approximate surface area is 111 Å². The Morgan fingerprint density at radius 1 is 1.32 bits per heavy atom. The summed E-state index contributed by atoms with van der Waals surface area (Å²) < 4.78 is 4.86. The van der Waals surface area contributed by atoms with Crippen molar-refractivity contribution in [1.82, 2.24) is 4.98 Å². The minimum Gasteiger partial charge on any atom is -0.462 e. The highest BCUT2D eigenvalue weighted by Crippen LogP contribution is 2.19. The lowest BCUT2D eigenvalue weighted by Gasteiger charge is -2.03. The minimum absolute atomic E-state index is 0.0471. The molecule has 0 fully saturated rings. The largest absolute Gasteiger partial charge is 0.462 e. The highest BCUT2D eigenvalue weighted by atomic mass is 16.5. The van der Waals surface area contributed by atoms with Crippen LogP contribution in [0.1, 0.15) is 19.4 Å². The smallest absolute Gasteiger partial charge is 0.344 e. The van der Waals surface area contributed by atoms with Crippen LogP contribution in [0, 0.1) is 0 Å². The van der Waals surface area contributed by atoms with E-state index < -0.39 is 5.97 Å². The molecule has 5 nitrogen and oxygen atoms in total. The van der Waals surface area contributed by atoms with Crippen molar-refractivity contribution in [3.63, 3.8) is 0 Å². The first kappa shape index (κ1) is 13.1. The van der Waals surface area contributed by atoms with Crippen molar-refractivity contribution in [2.75, 3.05) is 6.61 Å². The third kappa shape index (κ3) is 2.76. The zero-order chi connectivity index (χ0) is 13.8. The fourth-order valence-electron chi connectivity index (χ4n) is 1.88. The van der Waals surface area contributed by atoms with E-state index in [2.05, 4.69) is 9.98 Å². The Bertz CT molecular complexity index is 574. The number of esters is 1. The molecule has 0 spiro atoms. The maximum atomic E-state index is 12.1. The Morgan fingerprint density at radius 3 is 2.63 bits per heavy atom. The first-order valence-electron chi connectivity index (χ1n) is 6.02. The monoisotopic (exact) mass is 258 g/mol. The summed E-state index contributed by atoms with van der Waals surface area (Å²) in [6, 6.07) is 3.63. The van der Waals surface area contributed by atoms with E-state index in [1.807, 2.05) is 12.1 Å². The van der Waals surface area contributed by atoms with Crippen molar-refractivity contribution in [3.05, 3.63) is 41.4 Å². The molecule has 0 unspecified atom stereocenters. The Balaban J connectivity index is 2.15. The summed E-state index contributed by atoms with van der Waals surface area (Å²) >= 11 is 0. The van der Waals surface area contributed by atoms with Crippen LogP contribution in [-0.2, 0) is 20.7 Å². The zero-order valence-electron chi connectivity index (χ0n) is 10.8. The molecule has 19 heavy (non-hydrogen) atoms. The summed E-state index contributed by atoms with van der Waals surface area (Å²) in [5, 5.41) is 0. The number of pyridine rings is 1. The van der Waals surface area contributed by atoms with Crippen molar-refractivity contribution in [1.29, 1.82) is 0 Å². The number of aliphatic imine (C=N–C) groups is 1. The molecule has 98 valence electrons. The number of allylic oxidation sites excluding steroid dienone is 1. The number of rotatable bonds is 4. The van der Waals surface area contributed by atoms with Gasteiger partial charge in [0.15, 0.2) is 0 Å². The van der Waals surface area contributed by atoms with Gasteiger partial charge in [-0.3, -0.25) is 14.8 Å². The molecular weight excluding hydrogens is 244 g/mol. The maximum Gasteiger partial charge on any atom is 0.344 e. The predicted octanol–water partition coefficient (Wildman–Crippen LogP) is 1.48. The quantitative estimate of drug-likeness (QED) is 0.606. The molecule has 5 heteroatoms. The average Bonchev–Trinajstić information content (AvgIpc) is 2.66. The van der Waals surface area contributed by atoms with Crippen molar-refractivity contribution in [3.8, 4) is 0 Å².